The maximum absolute atomic E-state index is 9.95. The molecule has 5 N–H and O–H groups in total. The first kappa shape index (κ1) is 14.4. The maximum atomic E-state index is 9.95. The molecule has 21 heavy (non-hydrogen) atoms. The van der Waals surface area contributed by atoms with Crippen molar-refractivity contribution in [2.45, 2.75) is 29.7 Å². The molecule has 0 amide bonds. The first-order valence-electron chi connectivity index (χ1n) is 6.11. The molecule has 114 valence electrons. The molecule has 10 nitrogen and oxygen atoms in total. The number of fused-ring (bicyclic) bond motifs is 1. The molecule has 0 aromatic carbocycles. The summed E-state index contributed by atoms with van der Waals surface area (Å²) in [6, 6.07) is 0. The van der Waals surface area contributed by atoms with Gasteiger partial charge in [0.2, 0.25) is 5.65 Å². The highest BCUT2D eigenvalue weighted by Crippen LogP contribution is 2.29. The van der Waals surface area contributed by atoms with Gasteiger partial charge in [0.1, 0.15) is 18.3 Å². The van der Waals surface area contributed by atoms with Crippen LogP contribution in [0.2, 0.25) is 0 Å². The number of nitrogens with zero attached hydrogens (tertiary/aromatic N) is 5. The Morgan fingerprint density at radius 1 is 1.29 bits per heavy atom. The molecule has 1 saturated heterocycles. The summed E-state index contributed by atoms with van der Waals surface area (Å²) in [7, 11) is 0. The number of anilines is 1. The van der Waals surface area contributed by atoms with Crippen LogP contribution in [0.3, 0.4) is 0 Å². The zero-order valence-electron chi connectivity index (χ0n) is 11.0. The summed E-state index contributed by atoms with van der Waals surface area (Å²) in [6.45, 7) is -0.423. The molecule has 0 spiro atoms. The van der Waals surface area contributed by atoms with Crippen LogP contribution in [0, 0.1) is 0 Å². The van der Waals surface area contributed by atoms with E-state index >= 15 is 0 Å². The average molecular weight is 314 g/mol. The van der Waals surface area contributed by atoms with E-state index in [4.69, 9.17) is 15.6 Å². The SMILES string of the molecule is CSc1nc(N)c2nn([C@@H]3O[C@H](CO)[C@@H](O)[C@H]3O)nc2n1. The first-order valence-corrected chi connectivity index (χ1v) is 7.34. The van der Waals surface area contributed by atoms with Gasteiger partial charge in [-0.25, -0.2) is 4.98 Å². The summed E-state index contributed by atoms with van der Waals surface area (Å²) in [5.41, 5.74) is 6.34. The predicted molar refractivity (Wildman–Crippen MR) is 72.3 cm³/mol. The van der Waals surface area contributed by atoms with Crippen molar-refractivity contribution in [3.05, 3.63) is 0 Å². The number of hydrogen-bond acceptors (Lipinski definition) is 10. The number of thioether (sulfide) groups is 1. The number of nitrogen functional groups attached to an aromatic ring is 1. The summed E-state index contributed by atoms with van der Waals surface area (Å²) in [4.78, 5) is 9.29. The molecular formula is C10H14N6O4S. The molecule has 0 saturated carbocycles. The minimum absolute atomic E-state index is 0.169. The molecule has 4 atom stereocenters. The van der Waals surface area contributed by atoms with Crippen LogP contribution in [0.25, 0.3) is 11.2 Å². The van der Waals surface area contributed by atoms with Crippen molar-refractivity contribution in [3.8, 4) is 0 Å². The molecule has 2 aromatic rings. The quantitative estimate of drug-likeness (QED) is 0.374. The predicted octanol–water partition coefficient (Wildman–Crippen LogP) is -1.86. The lowest BCUT2D eigenvalue weighted by Crippen LogP contribution is -2.33. The van der Waals surface area contributed by atoms with Crippen LogP contribution in [0.4, 0.5) is 5.82 Å². The zero-order chi connectivity index (χ0) is 15.1. The minimum atomic E-state index is -1.27. The van der Waals surface area contributed by atoms with E-state index in [1.54, 1.807) is 6.26 Å². The summed E-state index contributed by atoms with van der Waals surface area (Å²) in [5, 5.41) is 37.4. The van der Waals surface area contributed by atoms with Crippen molar-refractivity contribution in [1.29, 1.82) is 0 Å². The van der Waals surface area contributed by atoms with E-state index in [1.807, 2.05) is 0 Å². The molecule has 11 heteroatoms. The summed E-state index contributed by atoms with van der Waals surface area (Å²) < 4.78 is 5.34. The molecule has 1 aliphatic heterocycles. The summed E-state index contributed by atoms with van der Waals surface area (Å²) >= 11 is 1.31. The minimum Gasteiger partial charge on any atom is -0.394 e. The van der Waals surface area contributed by atoms with E-state index in [0.717, 1.165) is 4.80 Å². The second kappa shape index (κ2) is 5.35. The largest absolute Gasteiger partial charge is 0.394 e. The van der Waals surface area contributed by atoms with Crippen molar-refractivity contribution in [3.63, 3.8) is 0 Å². The summed E-state index contributed by atoms with van der Waals surface area (Å²) in [6.07, 6.45) is -2.61. The van der Waals surface area contributed by atoms with Crippen LogP contribution in [-0.2, 0) is 4.74 Å². The molecule has 0 radical (unpaired) electrons. The standard InChI is InChI=1S/C10H14N6O4S/c1-21-10-12-7(11)4-8(13-10)15-16(14-4)9-6(19)5(18)3(2-17)20-9/h3,5-6,9,17-19H,2H2,1H3,(H2,11,12,13,15)/t3-,5-,6-,9-/m1/s1. The van der Waals surface area contributed by atoms with Crippen LogP contribution in [-0.4, -0.2) is 71.5 Å². The van der Waals surface area contributed by atoms with Gasteiger partial charge in [-0.1, -0.05) is 11.8 Å². The van der Waals surface area contributed by atoms with Gasteiger partial charge in [-0.3, -0.25) is 0 Å². The Balaban J connectivity index is 2.00. The van der Waals surface area contributed by atoms with Gasteiger partial charge in [0, 0.05) is 0 Å². The van der Waals surface area contributed by atoms with Gasteiger partial charge in [-0.2, -0.15) is 4.98 Å². The van der Waals surface area contributed by atoms with Gasteiger partial charge in [-0.05, 0) is 6.26 Å². The third-order valence-electron chi connectivity index (χ3n) is 3.20. The number of hydrogen-bond donors (Lipinski definition) is 4. The lowest BCUT2D eigenvalue weighted by atomic mass is 10.1. The van der Waals surface area contributed by atoms with Crippen molar-refractivity contribution >= 4 is 28.7 Å². The van der Waals surface area contributed by atoms with Gasteiger partial charge in [-0.15, -0.1) is 15.0 Å². The van der Waals surface area contributed by atoms with E-state index in [2.05, 4.69) is 20.2 Å². The fourth-order valence-electron chi connectivity index (χ4n) is 2.10. The van der Waals surface area contributed by atoms with Crippen LogP contribution in [0.5, 0.6) is 0 Å². The molecule has 1 fully saturated rings. The maximum Gasteiger partial charge on any atom is 0.208 e. The number of aliphatic hydroxyl groups is 3. The van der Waals surface area contributed by atoms with E-state index in [9.17, 15) is 10.2 Å². The van der Waals surface area contributed by atoms with Gasteiger partial charge < -0.3 is 25.8 Å². The second-order valence-corrected chi connectivity index (χ2v) is 5.29. The van der Waals surface area contributed by atoms with Crippen molar-refractivity contribution in [1.82, 2.24) is 25.0 Å². The fourth-order valence-corrected chi connectivity index (χ4v) is 2.47. The molecule has 0 aliphatic carbocycles. The van der Waals surface area contributed by atoms with Crippen molar-refractivity contribution < 1.29 is 20.1 Å². The first-order chi connectivity index (χ1) is 10.0. The molecule has 3 heterocycles. The van der Waals surface area contributed by atoms with E-state index < -0.39 is 31.1 Å². The third kappa shape index (κ3) is 2.32. The van der Waals surface area contributed by atoms with Crippen LogP contribution < -0.4 is 5.73 Å². The summed E-state index contributed by atoms with van der Waals surface area (Å²) in [5.74, 6) is 0.169. The highest BCUT2D eigenvalue weighted by molar-refractivity contribution is 7.98. The Labute approximate surface area is 122 Å². The number of aliphatic hydroxyl groups excluding tert-OH is 3. The number of ether oxygens (including phenoxy) is 1. The van der Waals surface area contributed by atoms with Crippen LogP contribution >= 0.6 is 11.8 Å². The van der Waals surface area contributed by atoms with E-state index in [-0.39, 0.29) is 17.0 Å². The second-order valence-electron chi connectivity index (χ2n) is 4.52. The number of aromatic nitrogens is 5. The molecule has 3 rings (SSSR count). The Morgan fingerprint density at radius 3 is 2.67 bits per heavy atom. The zero-order valence-corrected chi connectivity index (χ0v) is 11.8. The van der Waals surface area contributed by atoms with Gasteiger partial charge in [0.15, 0.2) is 22.7 Å². The van der Waals surface area contributed by atoms with E-state index in [0.29, 0.717) is 5.16 Å². The monoisotopic (exact) mass is 314 g/mol. The normalized spacial score (nSPS) is 29.3. The van der Waals surface area contributed by atoms with E-state index in [1.165, 1.54) is 11.8 Å². The van der Waals surface area contributed by atoms with Gasteiger partial charge in [0.25, 0.3) is 0 Å². The Bertz CT molecular complexity index is 666. The molecule has 0 bridgehead atoms. The molecular weight excluding hydrogens is 300 g/mol. The van der Waals surface area contributed by atoms with Crippen LogP contribution in [0.15, 0.2) is 5.16 Å². The fraction of sp³-hybridized carbons (Fsp3) is 0.600. The Kier molecular flexibility index (Phi) is 3.67. The average Bonchev–Trinajstić information content (AvgIpc) is 3.02. The van der Waals surface area contributed by atoms with Gasteiger partial charge in [0.05, 0.1) is 6.61 Å². The number of nitrogens with two attached hydrogens (primary N) is 1. The highest BCUT2D eigenvalue weighted by Gasteiger charge is 2.44. The Hall–Kier alpha value is -1.53. The highest BCUT2D eigenvalue weighted by atomic mass is 32.2. The Morgan fingerprint density at radius 2 is 2.05 bits per heavy atom. The van der Waals surface area contributed by atoms with Crippen molar-refractivity contribution in [2.75, 3.05) is 18.6 Å². The third-order valence-corrected chi connectivity index (χ3v) is 3.75. The lowest BCUT2D eigenvalue weighted by molar-refractivity contribution is -0.0650. The molecule has 1 aliphatic rings. The van der Waals surface area contributed by atoms with Gasteiger partial charge >= 0.3 is 0 Å². The molecule has 2 aromatic heterocycles. The number of rotatable bonds is 3. The van der Waals surface area contributed by atoms with Crippen LogP contribution in [0.1, 0.15) is 6.23 Å². The molecule has 0 unspecified atom stereocenters. The topological polar surface area (TPSA) is 152 Å². The van der Waals surface area contributed by atoms with Crippen molar-refractivity contribution in [2.24, 2.45) is 0 Å². The lowest BCUT2D eigenvalue weighted by Gasteiger charge is -2.12. The smallest absolute Gasteiger partial charge is 0.208 e.